The van der Waals surface area contributed by atoms with Crippen molar-refractivity contribution in [2.45, 2.75) is 12.8 Å². The van der Waals surface area contributed by atoms with Gasteiger partial charge in [0.2, 0.25) is 5.91 Å². The van der Waals surface area contributed by atoms with Crippen LogP contribution in [-0.4, -0.2) is 57.8 Å². The number of anilines is 1. The molecule has 2 rings (SSSR count). The molecule has 0 aliphatic carbocycles. The summed E-state index contributed by atoms with van der Waals surface area (Å²) < 4.78 is 10.6. The summed E-state index contributed by atoms with van der Waals surface area (Å²) in [6, 6.07) is 5.94. The predicted molar refractivity (Wildman–Crippen MR) is 86.6 cm³/mol. The van der Waals surface area contributed by atoms with E-state index in [1.807, 2.05) is 18.2 Å². The molecule has 1 heterocycles. The van der Waals surface area contributed by atoms with Crippen LogP contribution in [0.4, 0.5) is 5.69 Å². The minimum absolute atomic E-state index is 0.220. The summed E-state index contributed by atoms with van der Waals surface area (Å²) in [7, 11) is 3.32. The van der Waals surface area contributed by atoms with Gasteiger partial charge in [-0.25, -0.2) is 0 Å². The van der Waals surface area contributed by atoms with Crippen LogP contribution in [0.1, 0.15) is 12.8 Å². The van der Waals surface area contributed by atoms with Gasteiger partial charge < -0.3 is 20.1 Å². The van der Waals surface area contributed by atoms with Gasteiger partial charge in [-0.3, -0.25) is 9.69 Å². The minimum Gasteiger partial charge on any atom is -0.497 e. The van der Waals surface area contributed by atoms with Crippen molar-refractivity contribution in [3.8, 4) is 11.5 Å². The van der Waals surface area contributed by atoms with Crippen molar-refractivity contribution >= 4 is 11.6 Å². The first kappa shape index (κ1) is 16.4. The van der Waals surface area contributed by atoms with Crippen LogP contribution in [0, 0.1) is 0 Å². The molecule has 0 radical (unpaired) electrons. The Morgan fingerprint density at radius 3 is 2.18 bits per heavy atom. The lowest BCUT2D eigenvalue weighted by molar-refractivity contribution is -0.118. The Balaban J connectivity index is 1.89. The van der Waals surface area contributed by atoms with Crippen molar-refractivity contribution in [2.75, 3.05) is 51.8 Å². The van der Waals surface area contributed by atoms with Gasteiger partial charge in [-0.15, -0.1) is 0 Å². The third-order valence-electron chi connectivity index (χ3n) is 3.97. The van der Waals surface area contributed by atoms with Gasteiger partial charge in [-0.1, -0.05) is 0 Å². The van der Waals surface area contributed by atoms with E-state index in [0.29, 0.717) is 6.42 Å². The van der Waals surface area contributed by atoms with Gasteiger partial charge >= 0.3 is 0 Å². The van der Waals surface area contributed by atoms with E-state index < -0.39 is 0 Å². The van der Waals surface area contributed by atoms with Gasteiger partial charge in [0.05, 0.1) is 14.2 Å². The minimum atomic E-state index is -0.220. The molecular formula is C16H25N3O3. The number of benzene rings is 1. The lowest BCUT2D eigenvalue weighted by Crippen LogP contribution is -2.46. The van der Waals surface area contributed by atoms with Crippen molar-refractivity contribution in [1.82, 2.24) is 4.90 Å². The van der Waals surface area contributed by atoms with E-state index in [2.05, 4.69) is 9.80 Å². The summed E-state index contributed by atoms with van der Waals surface area (Å²) in [5, 5.41) is 0. The molecule has 0 saturated carbocycles. The Bertz CT molecular complexity index is 477. The molecule has 1 fully saturated rings. The Kier molecular flexibility index (Phi) is 5.89. The van der Waals surface area contributed by atoms with Crippen LogP contribution < -0.4 is 20.1 Å². The second-order valence-electron chi connectivity index (χ2n) is 5.47. The summed E-state index contributed by atoms with van der Waals surface area (Å²) in [4.78, 5) is 15.5. The standard InChI is InChI=1S/C16H25N3O3/c1-21-14-10-13(11-15(12-14)22-2)19-8-6-18(7-9-19)5-3-4-16(17)20/h10-12H,3-9H2,1-2H3,(H2,17,20). The zero-order valence-electron chi connectivity index (χ0n) is 13.4. The molecule has 6 nitrogen and oxygen atoms in total. The van der Waals surface area contributed by atoms with Gasteiger partial charge in [0.1, 0.15) is 11.5 Å². The van der Waals surface area contributed by atoms with E-state index in [9.17, 15) is 4.79 Å². The molecule has 122 valence electrons. The quantitative estimate of drug-likeness (QED) is 0.817. The molecule has 0 unspecified atom stereocenters. The van der Waals surface area contributed by atoms with Gasteiger partial charge in [0, 0.05) is 56.5 Å². The Morgan fingerprint density at radius 2 is 1.68 bits per heavy atom. The maximum Gasteiger partial charge on any atom is 0.217 e. The summed E-state index contributed by atoms with van der Waals surface area (Å²) in [6.07, 6.45) is 1.30. The highest BCUT2D eigenvalue weighted by molar-refractivity contribution is 5.73. The largest absolute Gasteiger partial charge is 0.497 e. The summed E-state index contributed by atoms with van der Waals surface area (Å²) in [5.74, 6) is 1.39. The summed E-state index contributed by atoms with van der Waals surface area (Å²) in [5.41, 5.74) is 6.29. The summed E-state index contributed by atoms with van der Waals surface area (Å²) in [6.45, 7) is 4.80. The molecule has 0 bridgehead atoms. The van der Waals surface area contributed by atoms with E-state index in [-0.39, 0.29) is 5.91 Å². The SMILES string of the molecule is COc1cc(OC)cc(N2CCN(CCCC(N)=O)CC2)c1. The van der Waals surface area contributed by atoms with Gasteiger partial charge in [-0.2, -0.15) is 0 Å². The van der Waals surface area contributed by atoms with Crippen LogP contribution in [0.2, 0.25) is 0 Å². The van der Waals surface area contributed by atoms with E-state index in [1.54, 1.807) is 14.2 Å². The highest BCUT2D eigenvalue weighted by Crippen LogP contribution is 2.29. The number of hydrogen-bond acceptors (Lipinski definition) is 5. The number of hydrogen-bond donors (Lipinski definition) is 1. The van der Waals surface area contributed by atoms with E-state index in [1.165, 1.54) is 0 Å². The molecule has 22 heavy (non-hydrogen) atoms. The van der Waals surface area contributed by atoms with Crippen LogP contribution >= 0.6 is 0 Å². The van der Waals surface area contributed by atoms with Gasteiger partial charge in [0.25, 0.3) is 0 Å². The third-order valence-corrected chi connectivity index (χ3v) is 3.97. The molecule has 1 amide bonds. The number of methoxy groups -OCH3 is 2. The first-order valence-electron chi connectivity index (χ1n) is 7.61. The second kappa shape index (κ2) is 7.89. The summed E-state index contributed by atoms with van der Waals surface area (Å²) >= 11 is 0. The van der Waals surface area contributed by atoms with Crippen LogP contribution in [0.25, 0.3) is 0 Å². The van der Waals surface area contributed by atoms with Gasteiger partial charge in [-0.05, 0) is 13.0 Å². The molecule has 1 saturated heterocycles. The third kappa shape index (κ3) is 4.53. The molecule has 1 aliphatic heterocycles. The molecular weight excluding hydrogens is 282 g/mol. The maximum absolute atomic E-state index is 10.8. The zero-order chi connectivity index (χ0) is 15.9. The normalized spacial score (nSPS) is 15.6. The van der Waals surface area contributed by atoms with E-state index in [0.717, 1.165) is 56.3 Å². The Morgan fingerprint density at radius 1 is 1.09 bits per heavy atom. The number of nitrogens with zero attached hydrogens (tertiary/aromatic N) is 2. The number of amides is 1. The van der Waals surface area contributed by atoms with Crippen molar-refractivity contribution in [2.24, 2.45) is 5.73 Å². The van der Waals surface area contributed by atoms with Crippen molar-refractivity contribution in [3.63, 3.8) is 0 Å². The molecule has 0 atom stereocenters. The van der Waals surface area contributed by atoms with Crippen molar-refractivity contribution < 1.29 is 14.3 Å². The first-order valence-corrected chi connectivity index (χ1v) is 7.61. The predicted octanol–water partition coefficient (Wildman–Crippen LogP) is 1.09. The number of carbonyl (C=O) groups excluding carboxylic acids is 1. The van der Waals surface area contributed by atoms with Crippen LogP contribution in [0.5, 0.6) is 11.5 Å². The number of ether oxygens (including phenoxy) is 2. The fraction of sp³-hybridized carbons (Fsp3) is 0.562. The Labute approximate surface area is 131 Å². The highest BCUT2D eigenvalue weighted by atomic mass is 16.5. The van der Waals surface area contributed by atoms with E-state index >= 15 is 0 Å². The van der Waals surface area contributed by atoms with Crippen LogP contribution in [0.15, 0.2) is 18.2 Å². The Hall–Kier alpha value is -1.95. The van der Waals surface area contributed by atoms with Crippen LogP contribution in [-0.2, 0) is 4.79 Å². The average molecular weight is 307 g/mol. The average Bonchev–Trinajstić information content (AvgIpc) is 2.54. The molecule has 2 N–H and O–H groups in total. The molecule has 1 aliphatic rings. The van der Waals surface area contributed by atoms with Crippen molar-refractivity contribution in [1.29, 1.82) is 0 Å². The molecule has 1 aromatic rings. The fourth-order valence-corrected chi connectivity index (χ4v) is 2.68. The number of nitrogens with two attached hydrogens (primary N) is 1. The maximum atomic E-state index is 10.8. The highest BCUT2D eigenvalue weighted by Gasteiger charge is 2.18. The van der Waals surface area contributed by atoms with Gasteiger partial charge in [0.15, 0.2) is 0 Å². The van der Waals surface area contributed by atoms with Crippen molar-refractivity contribution in [3.05, 3.63) is 18.2 Å². The lowest BCUT2D eigenvalue weighted by Gasteiger charge is -2.36. The monoisotopic (exact) mass is 307 g/mol. The lowest BCUT2D eigenvalue weighted by atomic mass is 10.2. The molecule has 6 heteroatoms. The number of carbonyl (C=O) groups is 1. The van der Waals surface area contributed by atoms with E-state index in [4.69, 9.17) is 15.2 Å². The molecule has 0 aromatic heterocycles. The zero-order valence-corrected chi connectivity index (χ0v) is 13.4. The number of rotatable bonds is 7. The fourth-order valence-electron chi connectivity index (χ4n) is 2.68. The second-order valence-corrected chi connectivity index (χ2v) is 5.47. The molecule has 0 spiro atoms. The topological polar surface area (TPSA) is 68.0 Å². The smallest absolute Gasteiger partial charge is 0.217 e. The number of piperazine rings is 1. The number of primary amides is 1. The van der Waals surface area contributed by atoms with Crippen LogP contribution in [0.3, 0.4) is 0 Å². The first-order chi connectivity index (χ1) is 10.6. The molecule has 1 aromatic carbocycles.